The largest absolute Gasteiger partial charge is 0.362 e. The zero-order valence-corrected chi connectivity index (χ0v) is 16.6. The smallest absolute Gasteiger partial charge is 0.170 e. The SMILES string of the molecule is C[C@H](CCCNC(=S)Nc1ccccc1)CNC(=S)Nc1ccccc1. The molecule has 0 amide bonds. The second kappa shape index (κ2) is 11.4. The van der Waals surface area contributed by atoms with E-state index in [1.54, 1.807) is 0 Å². The second-order valence-electron chi connectivity index (χ2n) is 6.20. The lowest BCUT2D eigenvalue weighted by molar-refractivity contribution is 0.501. The van der Waals surface area contributed by atoms with Crippen LogP contribution in [-0.2, 0) is 0 Å². The molecule has 0 aliphatic carbocycles. The Morgan fingerprint density at radius 3 is 1.85 bits per heavy atom. The van der Waals surface area contributed by atoms with E-state index in [0.717, 1.165) is 37.3 Å². The van der Waals surface area contributed by atoms with Gasteiger partial charge in [-0.3, -0.25) is 0 Å². The molecule has 0 saturated heterocycles. The minimum Gasteiger partial charge on any atom is -0.362 e. The van der Waals surface area contributed by atoms with Crippen LogP contribution in [0.3, 0.4) is 0 Å². The molecule has 1 atom stereocenters. The fourth-order valence-corrected chi connectivity index (χ4v) is 2.84. The Morgan fingerprint density at radius 2 is 1.31 bits per heavy atom. The molecule has 2 aromatic carbocycles. The molecule has 0 aliphatic rings. The third-order valence-corrected chi connectivity index (χ3v) is 4.33. The van der Waals surface area contributed by atoms with Crippen LogP contribution in [0.5, 0.6) is 0 Å². The quantitative estimate of drug-likeness (QED) is 0.399. The van der Waals surface area contributed by atoms with Crippen LogP contribution < -0.4 is 21.3 Å². The molecule has 0 unspecified atom stereocenters. The van der Waals surface area contributed by atoms with Crippen LogP contribution in [0.1, 0.15) is 19.8 Å². The van der Waals surface area contributed by atoms with E-state index >= 15 is 0 Å². The van der Waals surface area contributed by atoms with Crippen molar-refractivity contribution in [3.63, 3.8) is 0 Å². The van der Waals surface area contributed by atoms with E-state index in [9.17, 15) is 0 Å². The highest BCUT2D eigenvalue weighted by Gasteiger charge is 2.04. The minimum absolute atomic E-state index is 0.531. The molecule has 0 spiro atoms. The highest BCUT2D eigenvalue weighted by molar-refractivity contribution is 7.80. The maximum atomic E-state index is 5.33. The van der Waals surface area contributed by atoms with Gasteiger partial charge in [0.25, 0.3) is 0 Å². The average Bonchev–Trinajstić information content (AvgIpc) is 2.65. The van der Waals surface area contributed by atoms with E-state index in [1.807, 2.05) is 60.7 Å². The Balaban J connectivity index is 1.54. The van der Waals surface area contributed by atoms with Gasteiger partial charge in [0.2, 0.25) is 0 Å². The van der Waals surface area contributed by atoms with E-state index in [0.29, 0.717) is 16.1 Å². The zero-order valence-electron chi connectivity index (χ0n) is 15.0. The summed E-state index contributed by atoms with van der Waals surface area (Å²) in [5, 5.41) is 14.2. The Hall–Kier alpha value is -2.18. The van der Waals surface area contributed by atoms with Crippen LogP contribution in [0.25, 0.3) is 0 Å². The third-order valence-electron chi connectivity index (χ3n) is 3.83. The van der Waals surface area contributed by atoms with Crippen LogP contribution in [0.4, 0.5) is 11.4 Å². The molecule has 2 rings (SSSR count). The maximum Gasteiger partial charge on any atom is 0.170 e. The Morgan fingerprint density at radius 1 is 0.808 bits per heavy atom. The highest BCUT2D eigenvalue weighted by Crippen LogP contribution is 2.07. The molecule has 2 aromatic rings. The lowest BCUT2D eigenvalue weighted by atomic mass is 10.1. The Labute approximate surface area is 166 Å². The van der Waals surface area contributed by atoms with Gasteiger partial charge in [-0.2, -0.15) is 0 Å². The molecule has 26 heavy (non-hydrogen) atoms. The van der Waals surface area contributed by atoms with E-state index in [2.05, 4.69) is 28.2 Å². The number of para-hydroxylation sites is 2. The fourth-order valence-electron chi connectivity index (χ4n) is 2.41. The van der Waals surface area contributed by atoms with Gasteiger partial charge in [0.05, 0.1) is 0 Å². The molecule has 6 heteroatoms. The van der Waals surface area contributed by atoms with Gasteiger partial charge in [0.1, 0.15) is 0 Å². The summed E-state index contributed by atoms with van der Waals surface area (Å²) in [6.07, 6.45) is 2.15. The van der Waals surface area contributed by atoms with Crippen molar-refractivity contribution in [3.8, 4) is 0 Å². The Bertz CT molecular complexity index is 677. The van der Waals surface area contributed by atoms with Crippen molar-refractivity contribution in [2.24, 2.45) is 5.92 Å². The fraction of sp³-hybridized carbons (Fsp3) is 0.300. The normalized spacial score (nSPS) is 11.3. The first-order chi connectivity index (χ1) is 12.6. The number of rotatable bonds is 8. The molecule has 0 radical (unpaired) electrons. The number of thiocarbonyl (C=S) groups is 2. The number of nitrogens with one attached hydrogen (secondary N) is 4. The van der Waals surface area contributed by atoms with Gasteiger partial charge in [0, 0.05) is 24.5 Å². The van der Waals surface area contributed by atoms with Crippen LogP contribution in [0.15, 0.2) is 60.7 Å². The van der Waals surface area contributed by atoms with E-state index < -0.39 is 0 Å². The second-order valence-corrected chi connectivity index (χ2v) is 7.01. The first-order valence-electron chi connectivity index (χ1n) is 8.83. The lowest BCUT2D eigenvalue weighted by Crippen LogP contribution is -2.33. The van der Waals surface area contributed by atoms with Crippen LogP contribution in [0.2, 0.25) is 0 Å². The highest BCUT2D eigenvalue weighted by atomic mass is 32.1. The van der Waals surface area contributed by atoms with Crippen molar-refractivity contribution < 1.29 is 0 Å². The van der Waals surface area contributed by atoms with Crippen molar-refractivity contribution in [2.45, 2.75) is 19.8 Å². The van der Waals surface area contributed by atoms with Crippen molar-refractivity contribution >= 4 is 46.0 Å². The van der Waals surface area contributed by atoms with E-state index in [4.69, 9.17) is 24.4 Å². The van der Waals surface area contributed by atoms with Gasteiger partial charge >= 0.3 is 0 Å². The summed E-state index contributed by atoms with van der Waals surface area (Å²) < 4.78 is 0. The molecule has 0 aliphatic heterocycles. The van der Waals surface area contributed by atoms with Gasteiger partial charge in [-0.15, -0.1) is 0 Å². The molecule has 4 nitrogen and oxygen atoms in total. The number of hydrogen-bond donors (Lipinski definition) is 4. The number of hydrogen-bond acceptors (Lipinski definition) is 2. The predicted octanol–water partition coefficient (Wildman–Crippen LogP) is 4.38. The van der Waals surface area contributed by atoms with Crippen molar-refractivity contribution in [2.75, 3.05) is 23.7 Å². The van der Waals surface area contributed by atoms with Gasteiger partial charge in [-0.25, -0.2) is 0 Å². The van der Waals surface area contributed by atoms with Gasteiger partial charge in [0.15, 0.2) is 10.2 Å². The number of anilines is 2. The predicted molar refractivity (Wildman–Crippen MR) is 120 cm³/mol. The molecule has 0 saturated carbocycles. The van der Waals surface area contributed by atoms with E-state index in [-0.39, 0.29) is 0 Å². The maximum absolute atomic E-state index is 5.33. The molecule has 4 N–H and O–H groups in total. The van der Waals surface area contributed by atoms with Gasteiger partial charge in [-0.05, 0) is 67.5 Å². The third kappa shape index (κ3) is 8.27. The van der Waals surface area contributed by atoms with Crippen molar-refractivity contribution in [1.29, 1.82) is 0 Å². The minimum atomic E-state index is 0.531. The molecular formula is C20H26N4S2. The summed E-state index contributed by atoms with van der Waals surface area (Å²) in [6, 6.07) is 19.9. The molecule has 0 fully saturated rings. The molecule has 0 aromatic heterocycles. The summed E-state index contributed by atoms with van der Waals surface area (Å²) in [7, 11) is 0. The summed E-state index contributed by atoms with van der Waals surface area (Å²) in [5.41, 5.74) is 2.00. The molecule has 0 bridgehead atoms. The summed E-state index contributed by atoms with van der Waals surface area (Å²) in [6.45, 7) is 3.93. The summed E-state index contributed by atoms with van der Waals surface area (Å²) in [5.74, 6) is 0.531. The monoisotopic (exact) mass is 386 g/mol. The summed E-state index contributed by atoms with van der Waals surface area (Å²) in [4.78, 5) is 0. The van der Waals surface area contributed by atoms with Crippen LogP contribution in [0, 0.1) is 5.92 Å². The molecule has 0 heterocycles. The summed E-state index contributed by atoms with van der Waals surface area (Å²) >= 11 is 10.6. The first kappa shape index (κ1) is 20.1. The van der Waals surface area contributed by atoms with Gasteiger partial charge < -0.3 is 21.3 Å². The standard InChI is InChI=1S/C20H26N4S2/c1-16(15-22-20(26)24-18-12-6-3-7-13-18)9-8-14-21-19(25)23-17-10-4-2-5-11-17/h2-7,10-13,16H,8-9,14-15H2,1H3,(H2,21,23,25)(H2,22,24,26)/t16-/m1/s1. The van der Waals surface area contributed by atoms with E-state index in [1.165, 1.54) is 0 Å². The first-order valence-corrected chi connectivity index (χ1v) is 9.65. The van der Waals surface area contributed by atoms with Gasteiger partial charge in [-0.1, -0.05) is 43.3 Å². The topological polar surface area (TPSA) is 48.1 Å². The molecular weight excluding hydrogens is 360 g/mol. The van der Waals surface area contributed by atoms with Crippen molar-refractivity contribution in [3.05, 3.63) is 60.7 Å². The molecule has 138 valence electrons. The van der Waals surface area contributed by atoms with Crippen LogP contribution >= 0.6 is 24.4 Å². The zero-order chi connectivity index (χ0) is 18.6. The number of benzene rings is 2. The average molecular weight is 387 g/mol. The van der Waals surface area contributed by atoms with Crippen molar-refractivity contribution in [1.82, 2.24) is 10.6 Å². The Kier molecular flexibility index (Phi) is 8.86. The van der Waals surface area contributed by atoms with Crippen LogP contribution in [-0.4, -0.2) is 23.3 Å². The lowest BCUT2D eigenvalue weighted by Gasteiger charge is -2.16.